The molecule has 5 heteroatoms. The van der Waals surface area contributed by atoms with E-state index in [4.69, 9.17) is 29.2 Å². The zero-order valence-electron chi connectivity index (χ0n) is 51.7. The van der Waals surface area contributed by atoms with Crippen LogP contribution < -0.4 is 0 Å². The molecule has 0 atom stereocenters. The number of hydrogen-bond acceptors (Lipinski definition) is 3. The average Bonchev–Trinajstić information content (AvgIpc) is 3.82. The first kappa shape index (κ1) is 31.3. The molecular formula is C59H62N3OPt-. The molecule has 8 rings (SSSR count). The van der Waals surface area contributed by atoms with Gasteiger partial charge in [0.2, 0.25) is 0 Å². The van der Waals surface area contributed by atoms with E-state index in [0.717, 1.165) is 44.6 Å². The first-order chi connectivity index (χ1) is 35.6. The molecule has 4 nitrogen and oxygen atoms in total. The van der Waals surface area contributed by atoms with Crippen LogP contribution in [0.1, 0.15) is 148 Å². The summed E-state index contributed by atoms with van der Waals surface area (Å²) in [5.41, 5.74) is 4.32. The molecule has 0 saturated carbocycles. The molecule has 64 heavy (non-hydrogen) atoms. The number of aromatic nitrogens is 3. The predicted molar refractivity (Wildman–Crippen MR) is 266 cm³/mol. The summed E-state index contributed by atoms with van der Waals surface area (Å²) in [7, 11) is 0. The number of nitrogens with zero attached hydrogens (tertiary/aromatic N) is 3. The molecule has 0 aliphatic rings. The van der Waals surface area contributed by atoms with Crippen molar-refractivity contribution in [3.63, 3.8) is 0 Å². The molecule has 0 saturated heterocycles. The summed E-state index contributed by atoms with van der Waals surface area (Å²) >= 11 is 0. The van der Waals surface area contributed by atoms with Crippen LogP contribution in [0.4, 0.5) is 0 Å². The maximum absolute atomic E-state index is 12.3. The van der Waals surface area contributed by atoms with Gasteiger partial charge in [-0.15, -0.1) is 29.3 Å². The Labute approximate surface area is 415 Å². The summed E-state index contributed by atoms with van der Waals surface area (Å²) in [6.45, 7) is 6.74. The first-order valence-electron chi connectivity index (χ1n) is 28.4. The molecule has 6 aromatic carbocycles. The van der Waals surface area contributed by atoms with Crippen molar-refractivity contribution in [1.29, 1.82) is 0 Å². The number of phenolic OH excluding ortho intramolecular Hbond substituents is 1. The van der Waals surface area contributed by atoms with E-state index in [9.17, 15) is 5.11 Å². The van der Waals surface area contributed by atoms with Gasteiger partial charge in [-0.05, 0) is 97.8 Å². The molecule has 0 amide bonds. The summed E-state index contributed by atoms with van der Waals surface area (Å²) < 4.78 is 122. The normalized spacial score (nSPS) is 16.0. The van der Waals surface area contributed by atoms with Gasteiger partial charge in [0.1, 0.15) is 11.6 Å². The smallest absolute Gasteiger partial charge is 0.148 e. The van der Waals surface area contributed by atoms with Crippen LogP contribution in [0.25, 0.3) is 72.7 Å². The predicted octanol–water partition coefficient (Wildman–Crippen LogP) is 16.2. The number of rotatable bonds is 9. The van der Waals surface area contributed by atoms with Gasteiger partial charge in [-0.2, -0.15) is 0 Å². The van der Waals surface area contributed by atoms with Gasteiger partial charge in [0, 0.05) is 52.2 Å². The Morgan fingerprint density at radius 3 is 2.02 bits per heavy atom. The Balaban J connectivity index is 0.00000882. The molecule has 0 aliphatic heterocycles. The zero-order chi connectivity index (χ0) is 56.9. The van der Waals surface area contributed by atoms with Crippen molar-refractivity contribution in [2.45, 2.75) is 111 Å². The van der Waals surface area contributed by atoms with Gasteiger partial charge in [0.05, 0.1) is 27.8 Å². The van der Waals surface area contributed by atoms with Crippen molar-refractivity contribution in [2.24, 2.45) is 0 Å². The van der Waals surface area contributed by atoms with E-state index in [0.29, 0.717) is 39.3 Å². The minimum atomic E-state index is -3.82. The molecule has 0 aliphatic carbocycles. The van der Waals surface area contributed by atoms with Crippen LogP contribution >= 0.6 is 0 Å². The summed E-state index contributed by atoms with van der Waals surface area (Å²) in [5.74, 6) is -0.221. The molecule has 0 radical (unpaired) electrons. The second-order valence-corrected chi connectivity index (χ2v) is 18.2. The van der Waals surface area contributed by atoms with Gasteiger partial charge in [0.25, 0.3) is 0 Å². The fourth-order valence-corrected chi connectivity index (χ4v) is 7.92. The van der Waals surface area contributed by atoms with E-state index >= 15 is 0 Å². The van der Waals surface area contributed by atoms with Crippen LogP contribution in [0.5, 0.6) is 5.75 Å². The van der Waals surface area contributed by atoms with Gasteiger partial charge in [-0.25, -0.2) is 4.98 Å². The van der Waals surface area contributed by atoms with E-state index < -0.39 is 67.0 Å². The molecule has 330 valence electrons. The minimum absolute atomic E-state index is 0. The van der Waals surface area contributed by atoms with E-state index in [1.54, 1.807) is 0 Å². The molecule has 2 heterocycles. The Bertz CT molecular complexity index is 3520. The maximum Gasteiger partial charge on any atom is 0.148 e. The zero-order valence-corrected chi connectivity index (χ0v) is 39.9. The second-order valence-electron chi connectivity index (χ2n) is 18.2. The van der Waals surface area contributed by atoms with Crippen molar-refractivity contribution < 1.29 is 45.4 Å². The topological polar surface area (TPSA) is 50.9 Å². The standard InChI is InChI=1S/C59H62N3O.Pt/c1-36(2)41-23-26-53(50(32-41)40-17-14-13-15-18-40)62-54-20-16-19-48(55(54)61-57(62)51-34-43(37(3)4)33-49(38(5)6)56(51)63)44-29-45(31-47(30-44)59(10,11)12)52-35-42(27-28-60-52)39-21-24-46(25-22-39)58(7,8)9;/h13-28,30-38,63H,1-12H3;/q-1;/i7D3,8D3,9D3,21D,22D,24D,25D,36D;. The van der Waals surface area contributed by atoms with Crippen LogP contribution in [0, 0.1) is 6.07 Å². The number of benzene rings is 6. The fraction of sp³-hybridized carbons (Fsp3) is 0.288. The fourth-order valence-electron chi connectivity index (χ4n) is 7.92. The molecule has 0 spiro atoms. The molecule has 1 N–H and O–H groups in total. The number of para-hydroxylation sites is 1. The SMILES string of the molecule is [2H]c1c([2H])c(C(C([2H])([2H])[2H])(C([2H])([2H])[2H])C([2H])([2H])[2H])c([2H])c([2H])c1-c1ccnc(-c2[c-]c(-c3cccc4c3nc(-c3cc(C(C)C)cc(C(C)C)c3O)n4-c3ccc(C([2H])(C)C)cc3-c3ccccc3)cc(C(C)(C)C)c2)c1.[Pt]. The number of hydrogen-bond donors (Lipinski definition) is 1. The second kappa shape index (κ2) is 18.1. The van der Waals surface area contributed by atoms with Crippen molar-refractivity contribution in [2.75, 3.05) is 0 Å². The third-order valence-corrected chi connectivity index (χ3v) is 11.6. The molecular weight excluding hydrogens is 962 g/mol. The molecule has 2 aromatic heterocycles. The van der Waals surface area contributed by atoms with E-state index in [-0.39, 0.29) is 49.8 Å². The average molecular weight is 1040 g/mol. The molecule has 8 aromatic rings. The Morgan fingerprint density at radius 2 is 1.36 bits per heavy atom. The number of pyridine rings is 1. The van der Waals surface area contributed by atoms with Gasteiger partial charge in [-0.3, -0.25) is 9.55 Å². The van der Waals surface area contributed by atoms with Crippen molar-refractivity contribution in [1.82, 2.24) is 14.5 Å². The summed E-state index contributed by atoms with van der Waals surface area (Å²) in [6.07, 6.45) is 1.41. The Hall–Kier alpha value is -5.57. The third-order valence-electron chi connectivity index (χ3n) is 11.6. The van der Waals surface area contributed by atoms with Gasteiger partial charge >= 0.3 is 0 Å². The number of fused-ring (bicyclic) bond motifs is 1. The van der Waals surface area contributed by atoms with Crippen molar-refractivity contribution >= 4 is 11.0 Å². The third kappa shape index (κ3) is 9.18. The summed E-state index contributed by atoms with van der Waals surface area (Å²) in [4.78, 5) is 10.2. The van der Waals surface area contributed by atoms with Crippen molar-refractivity contribution in [3.05, 3.63) is 167 Å². The summed E-state index contributed by atoms with van der Waals surface area (Å²) in [6, 6.07) is 32.6. The van der Waals surface area contributed by atoms with Gasteiger partial charge in [0.15, 0.2) is 0 Å². The minimum Gasteiger partial charge on any atom is -0.507 e. The largest absolute Gasteiger partial charge is 0.507 e. The molecule has 0 unspecified atom stereocenters. The van der Waals surface area contributed by atoms with Crippen LogP contribution in [0.3, 0.4) is 0 Å². The number of aromatic hydroxyl groups is 1. The van der Waals surface area contributed by atoms with E-state index in [1.807, 2.05) is 113 Å². The quantitative estimate of drug-likeness (QED) is 0.147. The van der Waals surface area contributed by atoms with Crippen LogP contribution in [-0.4, -0.2) is 19.6 Å². The maximum atomic E-state index is 12.3. The van der Waals surface area contributed by atoms with E-state index in [1.165, 1.54) is 18.3 Å². The van der Waals surface area contributed by atoms with Crippen LogP contribution in [-0.2, 0) is 31.9 Å². The van der Waals surface area contributed by atoms with Gasteiger partial charge in [-0.1, -0.05) is 179 Å². The van der Waals surface area contributed by atoms with Gasteiger partial charge < -0.3 is 5.11 Å². The first-order valence-corrected chi connectivity index (χ1v) is 21.4. The van der Waals surface area contributed by atoms with Crippen molar-refractivity contribution in [3.8, 4) is 67.5 Å². The van der Waals surface area contributed by atoms with Crippen LogP contribution in [0.15, 0.2) is 133 Å². The summed E-state index contributed by atoms with van der Waals surface area (Å²) in [5, 5.41) is 12.3. The molecule has 0 fully saturated rings. The number of phenols is 1. The van der Waals surface area contributed by atoms with E-state index in [2.05, 4.69) is 51.3 Å². The molecule has 0 bridgehead atoms. The number of imidazole rings is 1. The van der Waals surface area contributed by atoms with Crippen LogP contribution in [0.2, 0.25) is 0 Å². The monoisotopic (exact) mass is 1040 g/mol. The Morgan fingerprint density at radius 1 is 0.656 bits per heavy atom. The Kier molecular flexibility index (Phi) is 8.87.